The highest BCUT2D eigenvalue weighted by molar-refractivity contribution is 5.71. The van der Waals surface area contributed by atoms with Gasteiger partial charge in [0.05, 0.1) is 0 Å². The molecule has 2 rings (SSSR count). The van der Waals surface area contributed by atoms with Crippen LogP contribution in [0, 0.1) is 6.92 Å². The Labute approximate surface area is 101 Å². The predicted molar refractivity (Wildman–Crippen MR) is 67.9 cm³/mol. The van der Waals surface area contributed by atoms with Gasteiger partial charge in [0.1, 0.15) is 5.75 Å². The molecule has 0 bridgehead atoms. The van der Waals surface area contributed by atoms with Gasteiger partial charge < -0.3 is 4.74 Å². The molecule has 17 heavy (non-hydrogen) atoms. The van der Waals surface area contributed by atoms with Gasteiger partial charge >= 0.3 is 5.97 Å². The van der Waals surface area contributed by atoms with Gasteiger partial charge in [-0.2, -0.15) is 0 Å². The van der Waals surface area contributed by atoms with E-state index in [9.17, 15) is 4.79 Å². The molecule has 0 fully saturated rings. The van der Waals surface area contributed by atoms with E-state index in [0.29, 0.717) is 5.75 Å². The topological polar surface area (TPSA) is 26.3 Å². The van der Waals surface area contributed by atoms with E-state index in [1.54, 1.807) is 6.07 Å². The Balaban J connectivity index is 2.36. The van der Waals surface area contributed by atoms with Crippen LogP contribution < -0.4 is 4.74 Å². The molecule has 2 aromatic rings. The number of ether oxygens (including phenoxy) is 1. The summed E-state index contributed by atoms with van der Waals surface area (Å²) in [6.07, 6.45) is 0. The molecule has 0 unspecified atom stereocenters. The first-order valence-corrected chi connectivity index (χ1v) is 5.51. The molecule has 0 aromatic heterocycles. The molecule has 0 N–H and O–H groups in total. The number of carbonyl (C=O) groups excluding carboxylic acids is 1. The third-order valence-electron chi connectivity index (χ3n) is 2.45. The fraction of sp³-hybridized carbons (Fsp3) is 0.133. The first kappa shape index (κ1) is 11.4. The van der Waals surface area contributed by atoms with Crippen LogP contribution in [0.15, 0.2) is 48.5 Å². The van der Waals surface area contributed by atoms with Crippen molar-refractivity contribution in [3.8, 4) is 16.9 Å². The molecule has 0 saturated carbocycles. The van der Waals surface area contributed by atoms with E-state index in [0.717, 1.165) is 11.1 Å². The van der Waals surface area contributed by atoms with Gasteiger partial charge in [0.2, 0.25) is 0 Å². The summed E-state index contributed by atoms with van der Waals surface area (Å²) < 4.78 is 5.07. The molecule has 2 nitrogen and oxygen atoms in total. The van der Waals surface area contributed by atoms with Crippen molar-refractivity contribution in [3.05, 3.63) is 54.1 Å². The fourth-order valence-corrected chi connectivity index (χ4v) is 1.73. The van der Waals surface area contributed by atoms with Crippen LogP contribution in [0.25, 0.3) is 11.1 Å². The standard InChI is InChI=1S/C15H14O2/c1-11-5-3-6-13(9-11)14-7-4-8-15(10-14)17-12(2)16/h3-10H,1-2H3. The van der Waals surface area contributed by atoms with Crippen LogP contribution in [-0.4, -0.2) is 5.97 Å². The first-order valence-electron chi connectivity index (χ1n) is 5.51. The monoisotopic (exact) mass is 226 g/mol. The van der Waals surface area contributed by atoms with Crippen molar-refractivity contribution < 1.29 is 9.53 Å². The van der Waals surface area contributed by atoms with E-state index in [2.05, 4.69) is 19.1 Å². The summed E-state index contributed by atoms with van der Waals surface area (Å²) in [5.41, 5.74) is 3.38. The van der Waals surface area contributed by atoms with E-state index >= 15 is 0 Å². The molecule has 0 aliphatic rings. The smallest absolute Gasteiger partial charge is 0.308 e. The summed E-state index contributed by atoms with van der Waals surface area (Å²) in [5.74, 6) is 0.280. The summed E-state index contributed by atoms with van der Waals surface area (Å²) >= 11 is 0. The number of esters is 1. The van der Waals surface area contributed by atoms with Crippen LogP contribution in [0.1, 0.15) is 12.5 Å². The Morgan fingerprint density at radius 2 is 1.65 bits per heavy atom. The number of rotatable bonds is 2. The molecule has 0 radical (unpaired) electrons. The van der Waals surface area contributed by atoms with E-state index < -0.39 is 0 Å². The average molecular weight is 226 g/mol. The minimum absolute atomic E-state index is 0.300. The zero-order valence-corrected chi connectivity index (χ0v) is 9.94. The summed E-state index contributed by atoms with van der Waals surface area (Å²) in [5, 5.41) is 0. The Kier molecular flexibility index (Phi) is 3.24. The molecule has 0 aliphatic heterocycles. The average Bonchev–Trinajstić information content (AvgIpc) is 2.28. The van der Waals surface area contributed by atoms with Crippen molar-refractivity contribution >= 4 is 5.97 Å². The van der Waals surface area contributed by atoms with Crippen LogP contribution in [0.4, 0.5) is 0 Å². The fourth-order valence-electron chi connectivity index (χ4n) is 1.73. The maximum absolute atomic E-state index is 10.9. The first-order chi connectivity index (χ1) is 8.15. The summed E-state index contributed by atoms with van der Waals surface area (Å²) in [6.45, 7) is 3.46. The summed E-state index contributed by atoms with van der Waals surface area (Å²) in [6, 6.07) is 15.8. The molecular formula is C15H14O2. The van der Waals surface area contributed by atoms with E-state index in [-0.39, 0.29) is 5.97 Å². The molecule has 0 atom stereocenters. The van der Waals surface area contributed by atoms with Gasteiger partial charge in [-0.3, -0.25) is 4.79 Å². The van der Waals surface area contributed by atoms with Crippen LogP contribution in [0.3, 0.4) is 0 Å². The van der Waals surface area contributed by atoms with Gasteiger partial charge in [-0.15, -0.1) is 0 Å². The lowest BCUT2D eigenvalue weighted by Crippen LogP contribution is -2.01. The maximum Gasteiger partial charge on any atom is 0.308 e. The van der Waals surface area contributed by atoms with E-state index in [1.165, 1.54) is 12.5 Å². The van der Waals surface area contributed by atoms with Crippen LogP contribution in [-0.2, 0) is 4.79 Å². The molecule has 0 spiro atoms. The van der Waals surface area contributed by atoms with Crippen LogP contribution >= 0.6 is 0 Å². The quantitative estimate of drug-likeness (QED) is 0.578. The van der Waals surface area contributed by atoms with Crippen molar-refractivity contribution in [2.24, 2.45) is 0 Å². The number of hydrogen-bond acceptors (Lipinski definition) is 2. The second-order valence-electron chi connectivity index (χ2n) is 3.99. The van der Waals surface area contributed by atoms with Gasteiger partial charge in [0, 0.05) is 6.92 Å². The second-order valence-corrected chi connectivity index (χ2v) is 3.99. The number of benzene rings is 2. The Morgan fingerprint density at radius 3 is 2.29 bits per heavy atom. The molecule has 0 heterocycles. The van der Waals surface area contributed by atoms with Crippen molar-refractivity contribution in [2.75, 3.05) is 0 Å². The lowest BCUT2D eigenvalue weighted by Gasteiger charge is -2.06. The minimum Gasteiger partial charge on any atom is -0.427 e. The minimum atomic E-state index is -0.300. The largest absolute Gasteiger partial charge is 0.427 e. The lowest BCUT2D eigenvalue weighted by atomic mass is 10.0. The van der Waals surface area contributed by atoms with Crippen molar-refractivity contribution in [1.29, 1.82) is 0 Å². The van der Waals surface area contributed by atoms with Crippen molar-refractivity contribution in [3.63, 3.8) is 0 Å². The molecule has 86 valence electrons. The molecule has 0 saturated heterocycles. The summed E-state index contributed by atoms with van der Waals surface area (Å²) in [7, 11) is 0. The zero-order chi connectivity index (χ0) is 12.3. The van der Waals surface area contributed by atoms with Gasteiger partial charge in [-0.25, -0.2) is 0 Å². The predicted octanol–water partition coefficient (Wildman–Crippen LogP) is 3.59. The van der Waals surface area contributed by atoms with Crippen LogP contribution in [0.2, 0.25) is 0 Å². The van der Waals surface area contributed by atoms with Crippen molar-refractivity contribution in [2.45, 2.75) is 13.8 Å². The van der Waals surface area contributed by atoms with Gasteiger partial charge in [-0.1, -0.05) is 42.0 Å². The molecule has 2 aromatic carbocycles. The van der Waals surface area contributed by atoms with Gasteiger partial charge in [-0.05, 0) is 30.2 Å². The SMILES string of the molecule is CC(=O)Oc1cccc(-c2cccc(C)c2)c1. The highest BCUT2D eigenvalue weighted by Crippen LogP contribution is 2.24. The van der Waals surface area contributed by atoms with Gasteiger partial charge in [0.25, 0.3) is 0 Å². The summed E-state index contributed by atoms with van der Waals surface area (Å²) in [4.78, 5) is 10.9. The highest BCUT2D eigenvalue weighted by atomic mass is 16.5. The normalized spacial score (nSPS) is 10.0. The number of aryl methyl sites for hydroxylation is 1. The zero-order valence-electron chi connectivity index (χ0n) is 9.94. The third kappa shape index (κ3) is 2.94. The van der Waals surface area contributed by atoms with Gasteiger partial charge in [0.15, 0.2) is 0 Å². The van der Waals surface area contributed by atoms with E-state index in [4.69, 9.17) is 4.74 Å². The molecular weight excluding hydrogens is 212 g/mol. The highest BCUT2D eigenvalue weighted by Gasteiger charge is 2.02. The lowest BCUT2D eigenvalue weighted by molar-refractivity contribution is -0.131. The Morgan fingerprint density at radius 1 is 1.00 bits per heavy atom. The molecule has 0 amide bonds. The van der Waals surface area contributed by atoms with Crippen LogP contribution in [0.5, 0.6) is 5.75 Å². The number of hydrogen-bond donors (Lipinski definition) is 0. The molecule has 2 heteroatoms. The molecule has 0 aliphatic carbocycles. The Hall–Kier alpha value is -2.09. The van der Waals surface area contributed by atoms with Crippen molar-refractivity contribution in [1.82, 2.24) is 0 Å². The third-order valence-corrected chi connectivity index (χ3v) is 2.45. The Bertz CT molecular complexity index is 544. The maximum atomic E-state index is 10.9. The van der Waals surface area contributed by atoms with E-state index in [1.807, 2.05) is 30.3 Å². The second kappa shape index (κ2) is 4.83. The number of carbonyl (C=O) groups is 1.